The van der Waals surface area contributed by atoms with E-state index in [2.05, 4.69) is 6.92 Å². The third-order valence-electron chi connectivity index (χ3n) is 6.89. The maximum Gasteiger partial charge on any atom is 0.294 e. The molecule has 0 amide bonds. The summed E-state index contributed by atoms with van der Waals surface area (Å²) in [6.45, 7) is 2.93. The Morgan fingerprint density at radius 3 is 1.17 bits per heavy atom. The van der Waals surface area contributed by atoms with Crippen LogP contribution in [0.1, 0.15) is 148 Å². The number of rotatable bonds is 25. The lowest BCUT2D eigenvalue weighted by molar-refractivity contribution is 0.304. The smallest absolute Gasteiger partial charge is 0.294 e. The maximum atomic E-state index is 11.0. The summed E-state index contributed by atoms with van der Waals surface area (Å²) in [4.78, 5) is -0.103. The second-order valence-electron chi connectivity index (χ2n) is 10.2. The first kappa shape index (κ1) is 32.0. The second kappa shape index (κ2) is 22.2. The highest BCUT2D eigenvalue weighted by molar-refractivity contribution is 7.85. The largest absolute Gasteiger partial charge is 0.494 e. The standard InChI is InChI=1S/C30H54O4S/c1-2-3-4-5-6-7-8-9-10-11-12-13-14-15-16-17-18-19-20-21-22-23-28-34-29-24-26-30(27-25-29)35(31,32)33/h24-27H,2-23,28H2,1H3,(H,31,32,33). The fourth-order valence-electron chi connectivity index (χ4n) is 4.61. The van der Waals surface area contributed by atoms with Gasteiger partial charge in [-0.3, -0.25) is 4.55 Å². The van der Waals surface area contributed by atoms with Gasteiger partial charge in [0.15, 0.2) is 0 Å². The van der Waals surface area contributed by atoms with Crippen molar-refractivity contribution >= 4 is 10.1 Å². The Kier molecular flexibility index (Phi) is 20.2. The van der Waals surface area contributed by atoms with Crippen molar-refractivity contribution in [2.45, 2.75) is 153 Å². The van der Waals surface area contributed by atoms with Crippen molar-refractivity contribution in [1.29, 1.82) is 0 Å². The van der Waals surface area contributed by atoms with Gasteiger partial charge in [-0.15, -0.1) is 0 Å². The van der Waals surface area contributed by atoms with Gasteiger partial charge in [0.1, 0.15) is 5.75 Å². The van der Waals surface area contributed by atoms with E-state index in [0.29, 0.717) is 12.4 Å². The van der Waals surface area contributed by atoms with Crippen molar-refractivity contribution in [2.24, 2.45) is 0 Å². The van der Waals surface area contributed by atoms with Crippen molar-refractivity contribution < 1.29 is 17.7 Å². The van der Waals surface area contributed by atoms with Gasteiger partial charge in [-0.05, 0) is 30.7 Å². The van der Waals surface area contributed by atoms with E-state index in [-0.39, 0.29) is 4.90 Å². The number of hydrogen-bond acceptors (Lipinski definition) is 3. The number of ether oxygens (including phenoxy) is 1. The average Bonchev–Trinajstić information content (AvgIpc) is 2.84. The van der Waals surface area contributed by atoms with Gasteiger partial charge in [0.2, 0.25) is 0 Å². The minimum Gasteiger partial charge on any atom is -0.494 e. The zero-order valence-corrected chi connectivity index (χ0v) is 23.5. The molecular formula is C30H54O4S. The second-order valence-corrected chi connectivity index (χ2v) is 11.6. The Balaban J connectivity index is 1.75. The lowest BCUT2D eigenvalue weighted by Crippen LogP contribution is -2.00. The van der Waals surface area contributed by atoms with Gasteiger partial charge in [-0.2, -0.15) is 8.42 Å². The summed E-state index contributed by atoms with van der Waals surface area (Å²) >= 11 is 0. The molecule has 0 aromatic heterocycles. The third-order valence-corrected chi connectivity index (χ3v) is 7.76. The van der Waals surface area contributed by atoms with Crippen LogP contribution in [0.4, 0.5) is 0 Å². The molecule has 0 fully saturated rings. The van der Waals surface area contributed by atoms with Crippen molar-refractivity contribution in [2.75, 3.05) is 6.61 Å². The summed E-state index contributed by atoms with van der Waals surface area (Å²) in [7, 11) is -4.13. The van der Waals surface area contributed by atoms with Crippen molar-refractivity contribution in [1.82, 2.24) is 0 Å². The maximum absolute atomic E-state index is 11.0. The first-order valence-electron chi connectivity index (χ1n) is 14.7. The molecule has 0 bridgehead atoms. The quantitative estimate of drug-likeness (QED) is 0.105. The molecule has 0 aliphatic carbocycles. The minimum absolute atomic E-state index is 0.103. The molecule has 1 aromatic rings. The van der Waals surface area contributed by atoms with Gasteiger partial charge >= 0.3 is 0 Å². The summed E-state index contributed by atoms with van der Waals surface area (Å²) in [5.41, 5.74) is 0. The van der Waals surface area contributed by atoms with Crippen LogP contribution in [0.5, 0.6) is 5.75 Å². The van der Waals surface area contributed by atoms with Crippen LogP contribution in [0.25, 0.3) is 0 Å². The zero-order chi connectivity index (χ0) is 25.5. The number of benzene rings is 1. The molecule has 0 spiro atoms. The van der Waals surface area contributed by atoms with Gasteiger partial charge in [-0.25, -0.2) is 0 Å². The van der Waals surface area contributed by atoms with Crippen LogP contribution in [-0.4, -0.2) is 19.6 Å². The van der Waals surface area contributed by atoms with Crippen LogP contribution >= 0.6 is 0 Å². The highest BCUT2D eigenvalue weighted by Crippen LogP contribution is 2.17. The molecule has 1 rings (SSSR count). The Hall–Kier alpha value is -1.07. The molecule has 0 saturated heterocycles. The number of hydrogen-bond donors (Lipinski definition) is 1. The van der Waals surface area contributed by atoms with Crippen LogP contribution < -0.4 is 4.74 Å². The van der Waals surface area contributed by atoms with E-state index in [0.717, 1.165) is 6.42 Å². The SMILES string of the molecule is CCCCCCCCCCCCCCCCCCCCCCCCOc1ccc(S(=O)(=O)O)cc1. The van der Waals surface area contributed by atoms with Gasteiger partial charge in [-0.1, -0.05) is 142 Å². The van der Waals surface area contributed by atoms with Gasteiger partial charge in [0.25, 0.3) is 10.1 Å². The van der Waals surface area contributed by atoms with E-state index in [4.69, 9.17) is 9.29 Å². The Bertz CT molecular complexity index is 685. The van der Waals surface area contributed by atoms with Gasteiger partial charge in [0, 0.05) is 0 Å². The van der Waals surface area contributed by atoms with Crippen LogP contribution in [0.3, 0.4) is 0 Å². The fourth-order valence-corrected chi connectivity index (χ4v) is 5.09. The molecule has 1 N–H and O–H groups in total. The van der Waals surface area contributed by atoms with E-state index in [1.165, 1.54) is 147 Å². The van der Waals surface area contributed by atoms with Crippen molar-refractivity contribution in [3.05, 3.63) is 24.3 Å². The highest BCUT2D eigenvalue weighted by Gasteiger charge is 2.08. The topological polar surface area (TPSA) is 63.6 Å². The fraction of sp³-hybridized carbons (Fsp3) is 0.800. The van der Waals surface area contributed by atoms with E-state index in [1.54, 1.807) is 12.1 Å². The molecule has 5 heteroatoms. The molecule has 0 saturated carbocycles. The zero-order valence-electron chi connectivity index (χ0n) is 22.7. The molecule has 0 heterocycles. The van der Waals surface area contributed by atoms with Crippen LogP contribution in [0, 0.1) is 0 Å². The van der Waals surface area contributed by atoms with E-state index < -0.39 is 10.1 Å². The summed E-state index contributed by atoms with van der Waals surface area (Å²) in [5, 5.41) is 0. The Morgan fingerprint density at radius 2 is 0.857 bits per heavy atom. The molecule has 4 nitrogen and oxygen atoms in total. The van der Waals surface area contributed by atoms with Crippen molar-refractivity contribution in [3.8, 4) is 5.75 Å². The van der Waals surface area contributed by atoms with Crippen LogP contribution in [0.15, 0.2) is 29.2 Å². The predicted octanol–water partition coefficient (Wildman–Crippen LogP) is 9.91. The van der Waals surface area contributed by atoms with Crippen LogP contribution in [0.2, 0.25) is 0 Å². The average molecular weight is 511 g/mol. The predicted molar refractivity (Wildman–Crippen MR) is 149 cm³/mol. The lowest BCUT2D eigenvalue weighted by atomic mass is 10.0. The van der Waals surface area contributed by atoms with Crippen LogP contribution in [-0.2, 0) is 10.1 Å². The third kappa shape index (κ3) is 19.8. The molecule has 0 aliphatic rings. The van der Waals surface area contributed by atoms with E-state index >= 15 is 0 Å². The molecule has 0 unspecified atom stereocenters. The van der Waals surface area contributed by atoms with Crippen molar-refractivity contribution in [3.63, 3.8) is 0 Å². The summed E-state index contributed by atoms with van der Waals surface area (Å²) < 4.78 is 36.7. The normalized spacial score (nSPS) is 11.7. The molecule has 0 atom stereocenters. The first-order chi connectivity index (χ1) is 17.0. The monoisotopic (exact) mass is 510 g/mol. The minimum atomic E-state index is -4.13. The Morgan fingerprint density at radius 1 is 0.543 bits per heavy atom. The van der Waals surface area contributed by atoms with Gasteiger partial charge in [0.05, 0.1) is 11.5 Å². The Labute approximate surface area is 217 Å². The molecule has 1 aromatic carbocycles. The summed E-state index contributed by atoms with van der Waals surface area (Å²) in [6.07, 6.45) is 30.3. The first-order valence-corrected chi connectivity index (χ1v) is 16.2. The lowest BCUT2D eigenvalue weighted by Gasteiger charge is -2.07. The van der Waals surface area contributed by atoms with E-state index in [1.807, 2.05) is 0 Å². The summed E-state index contributed by atoms with van der Waals surface area (Å²) in [5.74, 6) is 0.640. The number of unbranched alkanes of at least 4 members (excludes halogenated alkanes) is 21. The van der Waals surface area contributed by atoms with Gasteiger partial charge < -0.3 is 4.74 Å². The molecular weight excluding hydrogens is 456 g/mol. The molecule has 0 aliphatic heterocycles. The molecule has 35 heavy (non-hydrogen) atoms. The molecule has 204 valence electrons. The molecule has 0 radical (unpaired) electrons. The summed E-state index contributed by atoms with van der Waals surface area (Å²) in [6, 6.07) is 5.90. The van der Waals surface area contributed by atoms with E-state index in [9.17, 15) is 8.42 Å². The highest BCUT2D eigenvalue weighted by atomic mass is 32.2.